The van der Waals surface area contributed by atoms with Crippen LogP contribution in [0.25, 0.3) is 0 Å². The van der Waals surface area contributed by atoms with E-state index in [1.807, 2.05) is 24.3 Å². The zero-order valence-electron chi connectivity index (χ0n) is 21.8. The Bertz CT molecular complexity index is 993. The van der Waals surface area contributed by atoms with Crippen molar-refractivity contribution in [3.63, 3.8) is 0 Å². The molecule has 1 saturated carbocycles. The minimum absolute atomic E-state index is 0.00773. The zero-order chi connectivity index (χ0) is 24.7. The van der Waals surface area contributed by atoms with Crippen molar-refractivity contribution in [1.29, 1.82) is 0 Å². The van der Waals surface area contributed by atoms with Crippen LogP contribution in [0.5, 0.6) is 5.75 Å². The summed E-state index contributed by atoms with van der Waals surface area (Å²) in [4.78, 5) is 12.9. The maximum absolute atomic E-state index is 12.9. The predicted octanol–water partition coefficient (Wildman–Crippen LogP) is 5.59. The van der Waals surface area contributed by atoms with E-state index in [-0.39, 0.29) is 18.1 Å². The number of hydrogen-bond acceptors (Lipinski definition) is 4. The highest BCUT2D eigenvalue weighted by molar-refractivity contribution is 5.94. The van der Waals surface area contributed by atoms with Crippen molar-refractivity contribution in [3.05, 3.63) is 64.7 Å². The Labute approximate surface area is 216 Å². The number of hydrogen-bond donors (Lipinski definition) is 2. The zero-order valence-corrected chi connectivity index (χ0v) is 21.8. The van der Waals surface area contributed by atoms with Crippen LogP contribution in [0.4, 0.5) is 0 Å². The SMILES string of the molecule is C[C@H](NCc1ccc2c(c1)CC[C@H](NC(=O)c1ccc(OC[C@@H]3CCCO3)cc1)C2)C1CCCCC1. The highest BCUT2D eigenvalue weighted by atomic mass is 16.5. The van der Waals surface area contributed by atoms with Crippen LogP contribution in [0.3, 0.4) is 0 Å². The lowest BCUT2D eigenvalue weighted by Gasteiger charge is -2.29. The van der Waals surface area contributed by atoms with Gasteiger partial charge >= 0.3 is 0 Å². The molecule has 0 bridgehead atoms. The van der Waals surface area contributed by atoms with E-state index in [4.69, 9.17) is 9.47 Å². The van der Waals surface area contributed by atoms with Gasteiger partial charge in [0, 0.05) is 30.8 Å². The van der Waals surface area contributed by atoms with Crippen molar-refractivity contribution < 1.29 is 14.3 Å². The van der Waals surface area contributed by atoms with Gasteiger partial charge in [-0.1, -0.05) is 37.5 Å². The molecule has 3 atom stereocenters. The summed E-state index contributed by atoms with van der Waals surface area (Å²) in [6, 6.07) is 15.1. The lowest BCUT2D eigenvalue weighted by atomic mass is 9.84. The van der Waals surface area contributed by atoms with E-state index < -0.39 is 0 Å². The summed E-state index contributed by atoms with van der Waals surface area (Å²) < 4.78 is 11.4. The molecule has 2 fully saturated rings. The van der Waals surface area contributed by atoms with E-state index in [1.165, 1.54) is 48.8 Å². The molecule has 5 nitrogen and oxygen atoms in total. The smallest absolute Gasteiger partial charge is 0.251 e. The number of carbonyl (C=O) groups excluding carboxylic acids is 1. The van der Waals surface area contributed by atoms with Crippen LogP contribution in [0.2, 0.25) is 0 Å². The first-order chi connectivity index (χ1) is 17.6. The minimum Gasteiger partial charge on any atom is -0.491 e. The molecule has 36 heavy (non-hydrogen) atoms. The summed E-state index contributed by atoms with van der Waals surface area (Å²) in [5.74, 6) is 1.61. The van der Waals surface area contributed by atoms with Crippen molar-refractivity contribution >= 4 is 5.91 Å². The lowest BCUT2D eigenvalue weighted by Crippen LogP contribution is -2.39. The molecule has 194 valence electrons. The van der Waals surface area contributed by atoms with Gasteiger partial charge in [-0.3, -0.25) is 4.79 Å². The molecule has 2 aliphatic carbocycles. The average molecular weight is 491 g/mol. The highest BCUT2D eigenvalue weighted by Crippen LogP contribution is 2.27. The monoisotopic (exact) mass is 490 g/mol. The number of nitrogens with one attached hydrogen (secondary N) is 2. The van der Waals surface area contributed by atoms with Gasteiger partial charge in [-0.25, -0.2) is 0 Å². The molecule has 2 aromatic carbocycles. The molecule has 0 radical (unpaired) electrons. The standard InChI is InChI=1S/C31H42N2O3/c1-22(24-6-3-2-4-7-24)32-20-23-9-10-27-19-28(14-11-26(27)18-23)33-31(34)25-12-15-29(16-13-25)36-21-30-8-5-17-35-30/h9-10,12-13,15-16,18,22,24,28,30,32H,2-8,11,14,17,19-21H2,1H3,(H,33,34)/t22-,28-,30-/m0/s1. The second-order valence-corrected chi connectivity index (χ2v) is 11.1. The van der Waals surface area contributed by atoms with Crippen LogP contribution in [-0.2, 0) is 24.1 Å². The molecule has 1 aliphatic heterocycles. The Morgan fingerprint density at radius 2 is 1.83 bits per heavy atom. The van der Waals surface area contributed by atoms with Crippen LogP contribution in [0, 0.1) is 5.92 Å². The maximum atomic E-state index is 12.9. The number of carbonyl (C=O) groups is 1. The number of rotatable bonds is 9. The summed E-state index contributed by atoms with van der Waals surface area (Å²) in [5, 5.41) is 7.03. The normalized spacial score (nSPS) is 23.1. The van der Waals surface area contributed by atoms with E-state index in [9.17, 15) is 4.79 Å². The summed E-state index contributed by atoms with van der Waals surface area (Å²) >= 11 is 0. The largest absolute Gasteiger partial charge is 0.491 e. The molecule has 0 spiro atoms. The Hall–Kier alpha value is -2.37. The molecule has 1 amide bonds. The van der Waals surface area contributed by atoms with Gasteiger partial charge in [0.15, 0.2) is 0 Å². The molecule has 2 aromatic rings. The fraction of sp³-hybridized carbons (Fsp3) is 0.581. The van der Waals surface area contributed by atoms with Crippen molar-refractivity contribution in [2.24, 2.45) is 5.92 Å². The topological polar surface area (TPSA) is 59.6 Å². The molecular weight excluding hydrogens is 448 g/mol. The second-order valence-electron chi connectivity index (χ2n) is 11.1. The van der Waals surface area contributed by atoms with E-state index >= 15 is 0 Å². The Kier molecular flexibility index (Phi) is 8.60. The third kappa shape index (κ3) is 6.68. The molecule has 2 N–H and O–H groups in total. The number of benzene rings is 2. The third-order valence-electron chi connectivity index (χ3n) is 8.40. The maximum Gasteiger partial charge on any atom is 0.251 e. The minimum atomic E-state index is -0.00773. The molecular formula is C31H42N2O3. The van der Waals surface area contributed by atoms with Crippen LogP contribution in [-0.4, -0.2) is 37.3 Å². The van der Waals surface area contributed by atoms with Crippen LogP contribution < -0.4 is 15.4 Å². The van der Waals surface area contributed by atoms with Gasteiger partial charge in [0.2, 0.25) is 0 Å². The van der Waals surface area contributed by atoms with E-state index in [1.54, 1.807) is 0 Å². The summed E-state index contributed by atoms with van der Waals surface area (Å²) in [6.07, 6.45) is 12.2. The van der Waals surface area contributed by atoms with E-state index in [0.29, 0.717) is 18.2 Å². The predicted molar refractivity (Wildman–Crippen MR) is 144 cm³/mol. The van der Waals surface area contributed by atoms with Crippen LogP contribution >= 0.6 is 0 Å². The Balaban J connectivity index is 1.08. The lowest BCUT2D eigenvalue weighted by molar-refractivity contribution is 0.0679. The molecule has 1 heterocycles. The van der Waals surface area contributed by atoms with Gasteiger partial charge in [-0.15, -0.1) is 0 Å². The second kappa shape index (κ2) is 12.2. The van der Waals surface area contributed by atoms with Crippen LogP contribution in [0.1, 0.15) is 85.3 Å². The number of aryl methyl sites for hydroxylation is 1. The van der Waals surface area contributed by atoms with Crippen molar-refractivity contribution in [2.75, 3.05) is 13.2 Å². The van der Waals surface area contributed by atoms with Gasteiger partial charge in [0.25, 0.3) is 5.91 Å². The van der Waals surface area contributed by atoms with Gasteiger partial charge < -0.3 is 20.1 Å². The summed E-state index contributed by atoms with van der Waals surface area (Å²) in [7, 11) is 0. The highest BCUT2D eigenvalue weighted by Gasteiger charge is 2.22. The average Bonchev–Trinajstić information content (AvgIpc) is 3.45. The van der Waals surface area contributed by atoms with Crippen LogP contribution in [0.15, 0.2) is 42.5 Å². The van der Waals surface area contributed by atoms with Crippen molar-refractivity contribution in [3.8, 4) is 5.75 Å². The van der Waals surface area contributed by atoms with Gasteiger partial charge in [0.1, 0.15) is 12.4 Å². The number of amides is 1. The molecule has 5 rings (SSSR count). The number of fused-ring (bicyclic) bond motifs is 1. The molecule has 1 saturated heterocycles. The van der Waals surface area contributed by atoms with E-state index in [2.05, 4.69) is 35.8 Å². The first kappa shape index (κ1) is 25.3. The van der Waals surface area contributed by atoms with Gasteiger partial charge in [-0.2, -0.15) is 0 Å². The fourth-order valence-electron chi connectivity index (χ4n) is 6.06. The van der Waals surface area contributed by atoms with Crippen molar-refractivity contribution in [1.82, 2.24) is 10.6 Å². The quantitative estimate of drug-likeness (QED) is 0.481. The molecule has 0 unspecified atom stereocenters. The third-order valence-corrected chi connectivity index (χ3v) is 8.40. The Morgan fingerprint density at radius 3 is 2.61 bits per heavy atom. The summed E-state index contributed by atoms with van der Waals surface area (Å²) in [6.45, 7) is 4.70. The Morgan fingerprint density at radius 1 is 1.00 bits per heavy atom. The van der Waals surface area contributed by atoms with Gasteiger partial charge in [-0.05, 0) is 98.7 Å². The molecule has 5 heteroatoms. The molecule has 3 aliphatic rings. The first-order valence-corrected chi connectivity index (χ1v) is 14.1. The fourth-order valence-corrected chi connectivity index (χ4v) is 6.06. The number of ether oxygens (including phenoxy) is 2. The van der Waals surface area contributed by atoms with Gasteiger partial charge in [0.05, 0.1) is 6.10 Å². The molecule has 0 aromatic heterocycles. The summed E-state index contributed by atoms with van der Waals surface area (Å²) in [5.41, 5.74) is 4.87. The van der Waals surface area contributed by atoms with Crippen molar-refractivity contribution in [2.45, 2.75) is 95.9 Å². The van der Waals surface area contributed by atoms with E-state index in [0.717, 1.165) is 56.9 Å². The first-order valence-electron chi connectivity index (χ1n) is 14.1.